The van der Waals surface area contributed by atoms with Gasteiger partial charge >= 0.3 is 0 Å². The number of Topliss-reactive ketones (excluding diaryl/α,β-unsaturated/α-hetero) is 1. The first-order valence-corrected chi connectivity index (χ1v) is 10.0. The fourth-order valence-corrected chi connectivity index (χ4v) is 3.79. The van der Waals surface area contributed by atoms with Gasteiger partial charge in [0, 0.05) is 12.0 Å². The van der Waals surface area contributed by atoms with Crippen molar-refractivity contribution in [3.63, 3.8) is 0 Å². The third-order valence-electron chi connectivity index (χ3n) is 5.40. The van der Waals surface area contributed by atoms with Crippen LogP contribution < -0.4 is 0 Å². The molecule has 0 aliphatic carbocycles. The quantitative estimate of drug-likeness (QED) is 0.361. The summed E-state index contributed by atoms with van der Waals surface area (Å²) >= 11 is 0. The Kier molecular flexibility index (Phi) is 4.56. The van der Waals surface area contributed by atoms with Gasteiger partial charge in [0.1, 0.15) is 0 Å². The predicted molar refractivity (Wildman–Crippen MR) is 124 cm³/mol. The molecule has 4 aromatic rings. The second-order valence-electron chi connectivity index (χ2n) is 7.48. The van der Waals surface area contributed by atoms with E-state index in [4.69, 9.17) is 9.98 Å². The molecule has 3 heteroatoms. The highest BCUT2D eigenvalue weighted by molar-refractivity contribution is 6.20. The van der Waals surface area contributed by atoms with Gasteiger partial charge in [0.2, 0.25) is 0 Å². The fraction of sp³-hybridized carbons (Fsp3) is 0.0741. The summed E-state index contributed by atoms with van der Waals surface area (Å²) in [5.74, 6) is 0.0599. The zero-order chi connectivity index (χ0) is 20.5. The minimum Gasteiger partial charge on any atom is -0.295 e. The molecule has 1 aliphatic heterocycles. The van der Waals surface area contributed by atoms with Crippen LogP contribution in [-0.4, -0.2) is 17.2 Å². The van der Waals surface area contributed by atoms with Crippen LogP contribution in [0.25, 0.3) is 10.8 Å². The van der Waals surface area contributed by atoms with Crippen molar-refractivity contribution in [2.24, 2.45) is 9.98 Å². The number of aliphatic imine (C=N–C) groups is 2. The van der Waals surface area contributed by atoms with Crippen molar-refractivity contribution in [1.29, 1.82) is 0 Å². The van der Waals surface area contributed by atoms with Gasteiger partial charge in [0.15, 0.2) is 5.78 Å². The summed E-state index contributed by atoms with van der Waals surface area (Å²) in [6.45, 7) is 1.59. The van der Waals surface area contributed by atoms with E-state index in [2.05, 4.69) is 30.3 Å². The van der Waals surface area contributed by atoms with Gasteiger partial charge in [-0.05, 0) is 47.0 Å². The van der Waals surface area contributed by atoms with Crippen LogP contribution in [0, 0.1) is 0 Å². The molecule has 0 bridgehead atoms. The average molecular weight is 388 g/mol. The van der Waals surface area contributed by atoms with E-state index >= 15 is 0 Å². The molecule has 0 saturated carbocycles. The Morgan fingerprint density at radius 3 is 1.73 bits per heavy atom. The Labute approximate surface area is 175 Å². The van der Waals surface area contributed by atoms with Gasteiger partial charge in [0.05, 0.1) is 22.8 Å². The molecule has 0 spiro atoms. The molecule has 1 aliphatic rings. The van der Waals surface area contributed by atoms with Gasteiger partial charge in [-0.1, -0.05) is 72.8 Å². The lowest BCUT2D eigenvalue weighted by Gasteiger charge is -2.07. The zero-order valence-electron chi connectivity index (χ0n) is 16.7. The summed E-state index contributed by atoms with van der Waals surface area (Å²) in [6.07, 6.45) is 0.651. The molecule has 3 nitrogen and oxygen atoms in total. The van der Waals surface area contributed by atoms with Crippen LogP contribution in [0.4, 0.5) is 11.4 Å². The van der Waals surface area contributed by atoms with Crippen molar-refractivity contribution < 1.29 is 4.79 Å². The van der Waals surface area contributed by atoms with Crippen molar-refractivity contribution in [2.75, 3.05) is 0 Å². The molecule has 0 atom stereocenters. The summed E-state index contributed by atoms with van der Waals surface area (Å²) in [5, 5.41) is 2.05. The van der Waals surface area contributed by atoms with E-state index < -0.39 is 0 Å². The summed E-state index contributed by atoms with van der Waals surface area (Å²) in [7, 11) is 0. The molecule has 30 heavy (non-hydrogen) atoms. The normalized spacial score (nSPS) is 13.2. The molecule has 4 aromatic carbocycles. The van der Waals surface area contributed by atoms with Crippen LogP contribution >= 0.6 is 0 Å². The summed E-state index contributed by atoms with van der Waals surface area (Å²) in [6, 6.07) is 30.4. The number of fused-ring (bicyclic) bond motifs is 2. The van der Waals surface area contributed by atoms with Gasteiger partial charge in [-0.3, -0.25) is 14.8 Å². The Morgan fingerprint density at radius 2 is 1.20 bits per heavy atom. The second-order valence-corrected chi connectivity index (χ2v) is 7.48. The van der Waals surface area contributed by atoms with Gasteiger partial charge in [-0.2, -0.15) is 0 Å². The molecule has 0 fully saturated rings. The molecular weight excluding hydrogens is 368 g/mol. The number of carbonyl (C=O) groups excluding carboxylic acids is 1. The van der Waals surface area contributed by atoms with Gasteiger partial charge in [0.25, 0.3) is 0 Å². The van der Waals surface area contributed by atoms with Crippen LogP contribution in [0.1, 0.15) is 34.8 Å². The Hall–Kier alpha value is -3.85. The molecule has 5 rings (SSSR count). The summed E-state index contributed by atoms with van der Waals surface area (Å²) < 4.78 is 0. The maximum Gasteiger partial charge on any atom is 0.159 e. The number of hydrogen-bond acceptors (Lipinski definition) is 3. The molecule has 0 amide bonds. The average Bonchev–Trinajstić information content (AvgIpc) is 2.97. The first-order chi connectivity index (χ1) is 14.7. The Balaban J connectivity index is 1.74. The van der Waals surface area contributed by atoms with Crippen LogP contribution in [0.15, 0.2) is 101 Å². The van der Waals surface area contributed by atoms with E-state index in [1.807, 2.05) is 60.7 Å². The lowest BCUT2D eigenvalue weighted by Crippen LogP contribution is -2.09. The molecular formula is C27H20N2O. The standard InChI is InChI=1S/C27H20N2O/c1-18(30)21-12-13-22-15-26-27(16-23(22)14-21)29-25(20-10-6-3-7-11-20)17-24(28-26)19-8-4-2-5-9-19/h2-16H,17H2,1H3. The van der Waals surface area contributed by atoms with E-state index in [9.17, 15) is 4.79 Å². The highest BCUT2D eigenvalue weighted by atomic mass is 16.1. The minimum atomic E-state index is 0.0599. The monoisotopic (exact) mass is 388 g/mol. The first kappa shape index (κ1) is 18.2. The van der Waals surface area contributed by atoms with Crippen LogP contribution in [-0.2, 0) is 0 Å². The van der Waals surface area contributed by atoms with E-state index in [0.29, 0.717) is 12.0 Å². The van der Waals surface area contributed by atoms with Crippen molar-refractivity contribution in [3.8, 4) is 0 Å². The Bertz CT molecular complexity index is 1320. The third kappa shape index (κ3) is 3.46. The molecule has 0 saturated heterocycles. The molecule has 0 unspecified atom stereocenters. The SMILES string of the molecule is CC(=O)c1ccc2cc3c(cc2c1)N=C(c1ccccc1)CC(c1ccccc1)=N3. The van der Waals surface area contributed by atoms with Gasteiger partial charge < -0.3 is 0 Å². The number of rotatable bonds is 3. The van der Waals surface area contributed by atoms with Crippen LogP contribution in [0.3, 0.4) is 0 Å². The van der Waals surface area contributed by atoms with E-state index in [0.717, 1.165) is 44.7 Å². The van der Waals surface area contributed by atoms with Gasteiger partial charge in [-0.25, -0.2) is 0 Å². The highest BCUT2D eigenvalue weighted by Gasteiger charge is 2.17. The Morgan fingerprint density at radius 1 is 0.667 bits per heavy atom. The van der Waals surface area contributed by atoms with Crippen molar-refractivity contribution in [3.05, 3.63) is 108 Å². The van der Waals surface area contributed by atoms with Gasteiger partial charge in [-0.15, -0.1) is 0 Å². The topological polar surface area (TPSA) is 41.8 Å². The first-order valence-electron chi connectivity index (χ1n) is 10.0. The highest BCUT2D eigenvalue weighted by Crippen LogP contribution is 2.37. The molecule has 0 aromatic heterocycles. The molecule has 144 valence electrons. The number of benzene rings is 4. The van der Waals surface area contributed by atoms with Crippen LogP contribution in [0.5, 0.6) is 0 Å². The predicted octanol–water partition coefficient (Wildman–Crippen LogP) is 6.69. The molecule has 0 N–H and O–H groups in total. The largest absolute Gasteiger partial charge is 0.295 e. The van der Waals surface area contributed by atoms with E-state index in [1.165, 1.54) is 0 Å². The maximum absolute atomic E-state index is 11.8. The third-order valence-corrected chi connectivity index (χ3v) is 5.40. The number of carbonyl (C=O) groups is 1. The smallest absolute Gasteiger partial charge is 0.159 e. The lowest BCUT2D eigenvalue weighted by atomic mass is 10.00. The zero-order valence-corrected chi connectivity index (χ0v) is 16.7. The summed E-state index contributed by atoms with van der Waals surface area (Å²) in [4.78, 5) is 21.9. The van der Waals surface area contributed by atoms with Crippen molar-refractivity contribution >= 4 is 39.4 Å². The lowest BCUT2D eigenvalue weighted by molar-refractivity contribution is 0.101. The van der Waals surface area contributed by atoms with Crippen LogP contribution in [0.2, 0.25) is 0 Å². The van der Waals surface area contributed by atoms with Crippen molar-refractivity contribution in [2.45, 2.75) is 13.3 Å². The summed E-state index contributed by atoms with van der Waals surface area (Å²) in [5.41, 5.74) is 6.55. The van der Waals surface area contributed by atoms with Crippen molar-refractivity contribution in [1.82, 2.24) is 0 Å². The molecule has 0 radical (unpaired) electrons. The number of ketones is 1. The minimum absolute atomic E-state index is 0.0599. The number of nitrogens with zero attached hydrogens (tertiary/aromatic N) is 2. The van der Waals surface area contributed by atoms with E-state index in [-0.39, 0.29) is 5.78 Å². The number of hydrogen-bond donors (Lipinski definition) is 0. The molecule has 1 heterocycles. The van der Waals surface area contributed by atoms with E-state index in [1.54, 1.807) is 6.92 Å². The fourth-order valence-electron chi connectivity index (χ4n) is 3.79. The maximum atomic E-state index is 11.8. The second kappa shape index (κ2) is 7.53.